The van der Waals surface area contributed by atoms with E-state index in [9.17, 15) is 4.79 Å². The normalized spacial score (nSPS) is 10.2. The van der Waals surface area contributed by atoms with Crippen LogP contribution < -0.4 is 4.74 Å². The van der Waals surface area contributed by atoms with E-state index < -0.39 is 0 Å². The first-order valence-electron chi connectivity index (χ1n) is 6.66. The fourth-order valence-corrected chi connectivity index (χ4v) is 2.46. The number of carbonyl (C=O) groups is 1. The van der Waals surface area contributed by atoms with Crippen LogP contribution in [0.3, 0.4) is 0 Å². The van der Waals surface area contributed by atoms with Gasteiger partial charge in [-0.05, 0) is 42.2 Å². The summed E-state index contributed by atoms with van der Waals surface area (Å²) in [5.74, 6) is 0.682. The van der Waals surface area contributed by atoms with Gasteiger partial charge in [0, 0.05) is 24.1 Å². The zero-order valence-corrected chi connectivity index (χ0v) is 13.3. The van der Waals surface area contributed by atoms with E-state index in [-0.39, 0.29) is 5.91 Å². The third-order valence-electron chi connectivity index (χ3n) is 3.24. The molecule has 0 aliphatic carbocycles. The maximum Gasteiger partial charge on any atom is 0.254 e. The van der Waals surface area contributed by atoms with Crippen LogP contribution in [-0.2, 0) is 6.54 Å². The number of hydrogen-bond donors (Lipinski definition) is 0. The number of ether oxygens (including phenoxy) is 1. The van der Waals surface area contributed by atoms with Gasteiger partial charge in [0.05, 0.1) is 7.11 Å². The van der Waals surface area contributed by atoms with Crippen molar-refractivity contribution in [1.29, 1.82) is 0 Å². The number of carbonyl (C=O) groups excluding carboxylic acids is 1. The molecule has 2 rings (SSSR count). The molecule has 0 N–H and O–H groups in total. The summed E-state index contributed by atoms with van der Waals surface area (Å²) in [5, 5.41) is 0. The van der Waals surface area contributed by atoms with Crippen molar-refractivity contribution < 1.29 is 9.53 Å². The molecular formula is C17H19NO2S. The lowest BCUT2D eigenvalue weighted by molar-refractivity contribution is 0.0784. The molecule has 1 amide bonds. The van der Waals surface area contributed by atoms with Crippen LogP contribution in [0.25, 0.3) is 0 Å². The highest BCUT2D eigenvalue weighted by atomic mass is 32.2. The van der Waals surface area contributed by atoms with Gasteiger partial charge in [-0.2, -0.15) is 0 Å². The minimum Gasteiger partial charge on any atom is -0.497 e. The summed E-state index contributed by atoms with van der Waals surface area (Å²) < 4.78 is 5.16. The number of hydrogen-bond acceptors (Lipinski definition) is 3. The van der Waals surface area contributed by atoms with Crippen LogP contribution in [0.1, 0.15) is 15.9 Å². The van der Waals surface area contributed by atoms with E-state index in [0.717, 1.165) is 5.56 Å². The van der Waals surface area contributed by atoms with Gasteiger partial charge in [-0.3, -0.25) is 4.79 Å². The van der Waals surface area contributed by atoms with E-state index in [1.807, 2.05) is 25.4 Å². The highest BCUT2D eigenvalue weighted by Gasteiger charge is 2.12. The Labute approximate surface area is 129 Å². The Hall–Kier alpha value is -1.94. The Kier molecular flexibility index (Phi) is 5.28. The summed E-state index contributed by atoms with van der Waals surface area (Å²) in [6, 6.07) is 15.5. The molecule has 0 bridgehead atoms. The molecule has 0 aliphatic rings. The monoisotopic (exact) mass is 301 g/mol. The van der Waals surface area contributed by atoms with Gasteiger partial charge in [0.1, 0.15) is 5.75 Å². The second-order valence-electron chi connectivity index (χ2n) is 4.74. The molecule has 0 heterocycles. The fourth-order valence-electron chi connectivity index (χ4n) is 2.05. The molecule has 4 heteroatoms. The Morgan fingerprint density at radius 3 is 2.52 bits per heavy atom. The van der Waals surface area contributed by atoms with Crippen molar-refractivity contribution in [2.75, 3.05) is 20.4 Å². The molecule has 3 nitrogen and oxygen atoms in total. The Bertz CT molecular complexity index is 610. The van der Waals surface area contributed by atoms with Gasteiger partial charge in [-0.25, -0.2) is 0 Å². The molecule has 0 radical (unpaired) electrons. The number of benzene rings is 2. The van der Waals surface area contributed by atoms with Crippen LogP contribution in [0, 0.1) is 0 Å². The number of amides is 1. The molecule has 0 unspecified atom stereocenters. The lowest BCUT2D eigenvalue weighted by Gasteiger charge is -2.18. The van der Waals surface area contributed by atoms with Gasteiger partial charge >= 0.3 is 0 Å². The van der Waals surface area contributed by atoms with E-state index in [4.69, 9.17) is 4.74 Å². The molecule has 21 heavy (non-hydrogen) atoms. The van der Waals surface area contributed by atoms with Crippen molar-refractivity contribution in [3.8, 4) is 5.75 Å². The average Bonchev–Trinajstić information content (AvgIpc) is 2.54. The highest BCUT2D eigenvalue weighted by Crippen LogP contribution is 2.17. The molecule has 0 aromatic heterocycles. The lowest BCUT2D eigenvalue weighted by atomic mass is 10.1. The highest BCUT2D eigenvalue weighted by molar-refractivity contribution is 7.98. The predicted octanol–water partition coefficient (Wildman–Crippen LogP) is 3.69. The topological polar surface area (TPSA) is 29.5 Å². The van der Waals surface area contributed by atoms with Crippen molar-refractivity contribution in [3.05, 3.63) is 59.7 Å². The van der Waals surface area contributed by atoms with Crippen LogP contribution in [0.15, 0.2) is 53.4 Å². The first kappa shape index (κ1) is 15.4. The first-order valence-corrected chi connectivity index (χ1v) is 7.89. The number of nitrogens with zero attached hydrogens (tertiary/aromatic N) is 1. The Morgan fingerprint density at radius 1 is 1.19 bits per heavy atom. The maximum atomic E-state index is 12.4. The second kappa shape index (κ2) is 7.18. The molecule has 0 atom stereocenters. The van der Waals surface area contributed by atoms with E-state index >= 15 is 0 Å². The SMILES string of the molecule is COc1cccc(C(=O)N(C)Cc2ccc(SC)cc2)c1. The number of rotatable bonds is 5. The van der Waals surface area contributed by atoms with Crippen LogP contribution in [-0.4, -0.2) is 31.2 Å². The van der Waals surface area contributed by atoms with Crippen molar-refractivity contribution in [2.45, 2.75) is 11.4 Å². The number of methoxy groups -OCH3 is 1. The van der Waals surface area contributed by atoms with Gasteiger partial charge in [-0.15, -0.1) is 11.8 Å². The second-order valence-corrected chi connectivity index (χ2v) is 5.62. The van der Waals surface area contributed by atoms with E-state index in [2.05, 4.69) is 24.3 Å². The molecule has 2 aromatic carbocycles. The van der Waals surface area contributed by atoms with E-state index in [0.29, 0.717) is 17.9 Å². The van der Waals surface area contributed by atoms with Crippen LogP contribution in [0.2, 0.25) is 0 Å². The predicted molar refractivity (Wildman–Crippen MR) is 87.0 cm³/mol. The standard InChI is InChI=1S/C17H19NO2S/c1-18(12-13-7-9-16(21-3)10-8-13)17(19)14-5-4-6-15(11-14)20-2/h4-11H,12H2,1-3H3. The molecule has 110 valence electrons. The summed E-state index contributed by atoms with van der Waals surface area (Å²) in [5.41, 5.74) is 1.75. The summed E-state index contributed by atoms with van der Waals surface area (Å²) in [6.07, 6.45) is 2.05. The van der Waals surface area contributed by atoms with Gasteiger partial charge < -0.3 is 9.64 Å². The summed E-state index contributed by atoms with van der Waals surface area (Å²) >= 11 is 1.71. The smallest absolute Gasteiger partial charge is 0.254 e. The summed E-state index contributed by atoms with van der Waals surface area (Å²) in [4.78, 5) is 15.3. The molecule has 0 aliphatic heterocycles. The Morgan fingerprint density at radius 2 is 1.90 bits per heavy atom. The zero-order chi connectivity index (χ0) is 15.2. The van der Waals surface area contributed by atoms with Crippen molar-refractivity contribution in [3.63, 3.8) is 0 Å². The molecule has 0 saturated carbocycles. The summed E-state index contributed by atoms with van der Waals surface area (Å²) in [6.45, 7) is 0.588. The zero-order valence-electron chi connectivity index (χ0n) is 12.5. The van der Waals surface area contributed by atoms with Crippen LogP contribution >= 0.6 is 11.8 Å². The largest absolute Gasteiger partial charge is 0.497 e. The maximum absolute atomic E-state index is 12.4. The average molecular weight is 301 g/mol. The Balaban J connectivity index is 2.07. The first-order chi connectivity index (χ1) is 10.1. The van der Waals surface area contributed by atoms with Gasteiger partial charge in [0.25, 0.3) is 5.91 Å². The van der Waals surface area contributed by atoms with Crippen molar-refractivity contribution >= 4 is 17.7 Å². The molecule has 0 fully saturated rings. The molecule has 2 aromatic rings. The van der Waals surface area contributed by atoms with E-state index in [1.165, 1.54) is 4.90 Å². The quantitative estimate of drug-likeness (QED) is 0.789. The lowest BCUT2D eigenvalue weighted by Crippen LogP contribution is -2.26. The molecule has 0 saturated heterocycles. The fraction of sp³-hybridized carbons (Fsp3) is 0.235. The van der Waals surface area contributed by atoms with Gasteiger partial charge in [0.15, 0.2) is 0 Å². The van der Waals surface area contributed by atoms with Crippen molar-refractivity contribution in [1.82, 2.24) is 4.90 Å². The van der Waals surface area contributed by atoms with Gasteiger partial charge in [-0.1, -0.05) is 18.2 Å². The van der Waals surface area contributed by atoms with E-state index in [1.54, 1.807) is 35.9 Å². The van der Waals surface area contributed by atoms with Gasteiger partial charge in [0.2, 0.25) is 0 Å². The molecule has 0 spiro atoms. The third-order valence-corrected chi connectivity index (χ3v) is 3.99. The molecular weight excluding hydrogens is 282 g/mol. The minimum atomic E-state index is -0.0113. The van der Waals surface area contributed by atoms with Crippen LogP contribution in [0.5, 0.6) is 5.75 Å². The van der Waals surface area contributed by atoms with Crippen molar-refractivity contribution in [2.24, 2.45) is 0 Å². The number of thioether (sulfide) groups is 1. The summed E-state index contributed by atoms with van der Waals surface area (Å²) in [7, 11) is 3.41. The minimum absolute atomic E-state index is 0.0113. The third kappa shape index (κ3) is 4.02. The van der Waals surface area contributed by atoms with Crippen LogP contribution in [0.4, 0.5) is 0 Å².